The molecule has 0 saturated carbocycles. The van der Waals surface area contributed by atoms with E-state index in [0.29, 0.717) is 18.8 Å². The minimum atomic E-state index is 0.294. The molecule has 1 heterocycles. The van der Waals surface area contributed by atoms with Gasteiger partial charge in [-0.25, -0.2) is 0 Å². The number of hydrogen-bond donors (Lipinski definition) is 0. The smallest absolute Gasteiger partial charge is 0.0701 e. The van der Waals surface area contributed by atoms with Crippen LogP contribution in [0.4, 0.5) is 0 Å². The molecule has 0 atom stereocenters. The van der Waals surface area contributed by atoms with Gasteiger partial charge < -0.3 is 4.74 Å². The van der Waals surface area contributed by atoms with Crippen LogP contribution in [0.2, 0.25) is 0 Å². The van der Waals surface area contributed by atoms with E-state index in [0.717, 1.165) is 6.42 Å². The zero-order valence-corrected chi connectivity index (χ0v) is 9.53. The van der Waals surface area contributed by atoms with Crippen molar-refractivity contribution in [3.8, 4) is 0 Å². The molecule has 0 aromatic carbocycles. The number of ether oxygens (including phenoxy) is 1. The Labute approximate surface area is 86.4 Å². The maximum absolute atomic E-state index is 5.55. The van der Waals surface area contributed by atoms with Crippen molar-refractivity contribution in [1.82, 2.24) is 5.01 Å². The summed E-state index contributed by atoms with van der Waals surface area (Å²) in [7, 11) is 0. The van der Waals surface area contributed by atoms with Crippen molar-refractivity contribution in [2.75, 3.05) is 6.61 Å². The third-order valence-electron chi connectivity index (χ3n) is 2.01. The predicted molar refractivity (Wildman–Crippen MR) is 59.3 cm³/mol. The van der Waals surface area contributed by atoms with Gasteiger partial charge in [-0.1, -0.05) is 0 Å². The van der Waals surface area contributed by atoms with Gasteiger partial charge >= 0.3 is 0 Å². The molecule has 0 aliphatic carbocycles. The summed E-state index contributed by atoms with van der Waals surface area (Å²) in [6, 6.07) is 0.417. The zero-order valence-electron chi connectivity index (χ0n) is 9.53. The van der Waals surface area contributed by atoms with E-state index < -0.39 is 0 Å². The Bertz CT molecular complexity index is 231. The van der Waals surface area contributed by atoms with Crippen molar-refractivity contribution in [2.45, 2.75) is 46.3 Å². The molecule has 0 aromatic rings. The Morgan fingerprint density at radius 3 is 2.71 bits per heavy atom. The molecule has 14 heavy (non-hydrogen) atoms. The molecular formula is C11H20N2O. The van der Waals surface area contributed by atoms with E-state index in [2.05, 4.69) is 39.0 Å². The maximum Gasteiger partial charge on any atom is 0.0701 e. The molecule has 80 valence electrons. The number of hydrazone groups is 1. The van der Waals surface area contributed by atoms with Gasteiger partial charge in [0.2, 0.25) is 0 Å². The highest BCUT2D eigenvalue weighted by atomic mass is 16.5. The summed E-state index contributed by atoms with van der Waals surface area (Å²) in [6.45, 7) is 9.07. The van der Waals surface area contributed by atoms with Crippen LogP contribution in [0.15, 0.2) is 16.9 Å². The fourth-order valence-corrected chi connectivity index (χ4v) is 1.18. The minimum absolute atomic E-state index is 0.294. The van der Waals surface area contributed by atoms with E-state index in [4.69, 9.17) is 4.74 Å². The third kappa shape index (κ3) is 3.50. The van der Waals surface area contributed by atoms with Gasteiger partial charge in [0.15, 0.2) is 0 Å². The van der Waals surface area contributed by atoms with Crippen LogP contribution in [0.1, 0.15) is 34.1 Å². The number of rotatable bonds is 4. The zero-order chi connectivity index (χ0) is 10.6. The Kier molecular flexibility index (Phi) is 4.14. The Hall–Kier alpha value is -0.830. The molecule has 0 amide bonds. The Morgan fingerprint density at radius 2 is 2.14 bits per heavy atom. The van der Waals surface area contributed by atoms with Gasteiger partial charge in [-0.3, -0.25) is 5.01 Å². The average molecular weight is 196 g/mol. The van der Waals surface area contributed by atoms with Crippen LogP contribution >= 0.6 is 0 Å². The molecule has 3 nitrogen and oxygen atoms in total. The molecule has 0 saturated heterocycles. The highest BCUT2D eigenvalue weighted by molar-refractivity contribution is 5.62. The van der Waals surface area contributed by atoms with Gasteiger partial charge in [0.05, 0.1) is 12.7 Å². The van der Waals surface area contributed by atoms with E-state index in [-0.39, 0.29) is 0 Å². The first kappa shape index (κ1) is 11.2. The fraction of sp³-hybridized carbons (Fsp3) is 0.727. The van der Waals surface area contributed by atoms with Crippen molar-refractivity contribution in [2.24, 2.45) is 5.10 Å². The summed E-state index contributed by atoms with van der Waals surface area (Å²) in [5.74, 6) is 0. The summed E-state index contributed by atoms with van der Waals surface area (Å²) < 4.78 is 5.55. The molecule has 0 aromatic heterocycles. The molecule has 0 bridgehead atoms. The van der Waals surface area contributed by atoms with Crippen molar-refractivity contribution >= 4 is 6.21 Å². The molecule has 3 heteroatoms. The van der Waals surface area contributed by atoms with Gasteiger partial charge in [-0.05, 0) is 33.3 Å². The maximum atomic E-state index is 5.55. The van der Waals surface area contributed by atoms with E-state index in [9.17, 15) is 0 Å². The average Bonchev–Trinajstić information content (AvgIpc) is 2.15. The summed E-state index contributed by atoms with van der Waals surface area (Å²) in [4.78, 5) is 0. The van der Waals surface area contributed by atoms with Crippen LogP contribution in [0.3, 0.4) is 0 Å². The largest absolute Gasteiger partial charge is 0.374 e. The normalized spacial score (nSPS) is 16.7. The first-order chi connectivity index (χ1) is 6.59. The van der Waals surface area contributed by atoms with Gasteiger partial charge in [0.1, 0.15) is 0 Å². The van der Waals surface area contributed by atoms with Crippen molar-refractivity contribution in [3.63, 3.8) is 0 Å². The predicted octanol–water partition coefficient (Wildman–Crippen LogP) is 2.40. The molecule has 0 unspecified atom stereocenters. The summed E-state index contributed by atoms with van der Waals surface area (Å²) >= 11 is 0. The highest BCUT2D eigenvalue weighted by Gasteiger charge is 2.09. The van der Waals surface area contributed by atoms with Crippen LogP contribution in [0.25, 0.3) is 0 Å². The van der Waals surface area contributed by atoms with Crippen molar-refractivity contribution in [3.05, 3.63) is 11.8 Å². The minimum Gasteiger partial charge on any atom is -0.374 e. The number of nitrogens with zero attached hydrogens (tertiary/aromatic N) is 2. The van der Waals surface area contributed by atoms with E-state index in [1.54, 1.807) is 0 Å². The molecule has 1 rings (SSSR count). The van der Waals surface area contributed by atoms with Crippen LogP contribution in [0, 0.1) is 0 Å². The Balaban J connectivity index is 2.45. The second-order valence-corrected chi connectivity index (χ2v) is 4.12. The molecule has 0 fully saturated rings. The second-order valence-electron chi connectivity index (χ2n) is 4.12. The second kappa shape index (κ2) is 5.15. The van der Waals surface area contributed by atoms with E-state index in [1.807, 2.05) is 11.2 Å². The lowest BCUT2D eigenvalue weighted by Crippen LogP contribution is -2.23. The first-order valence-corrected chi connectivity index (χ1v) is 5.21. The van der Waals surface area contributed by atoms with Crippen molar-refractivity contribution < 1.29 is 4.74 Å². The molecule has 0 N–H and O–H groups in total. The lowest BCUT2D eigenvalue weighted by Gasteiger charge is -2.24. The van der Waals surface area contributed by atoms with Crippen LogP contribution < -0.4 is 0 Å². The number of hydrogen-bond acceptors (Lipinski definition) is 3. The van der Waals surface area contributed by atoms with Gasteiger partial charge in [0, 0.05) is 24.9 Å². The molecule has 0 spiro atoms. The highest BCUT2D eigenvalue weighted by Crippen LogP contribution is 2.12. The van der Waals surface area contributed by atoms with Gasteiger partial charge in [-0.2, -0.15) is 5.10 Å². The van der Waals surface area contributed by atoms with Crippen molar-refractivity contribution in [1.29, 1.82) is 0 Å². The standard InChI is InChI=1S/C11H20N2O/c1-9(2)13-7-11(5-6-12-13)8-14-10(3)4/h6-7,9-10H,5,8H2,1-4H3. The lowest BCUT2D eigenvalue weighted by atomic mass is 10.2. The van der Waals surface area contributed by atoms with Crippen LogP contribution in [0.5, 0.6) is 0 Å². The quantitative estimate of drug-likeness (QED) is 0.689. The first-order valence-electron chi connectivity index (χ1n) is 5.21. The van der Waals surface area contributed by atoms with Gasteiger partial charge in [-0.15, -0.1) is 0 Å². The van der Waals surface area contributed by atoms with Crippen LogP contribution in [-0.4, -0.2) is 30.0 Å². The molecule has 0 radical (unpaired) electrons. The Morgan fingerprint density at radius 1 is 1.43 bits per heavy atom. The summed E-state index contributed by atoms with van der Waals surface area (Å²) in [5.41, 5.74) is 1.29. The summed E-state index contributed by atoms with van der Waals surface area (Å²) in [5, 5.41) is 6.26. The molecule has 1 aliphatic heterocycles. The molecular weight excluding hydrogens is 176 g/mol. The van der Waals surface area contributed by atoms with Gasteiger partial charge in [0.25, 0.3) is 0 Å². The third-order valence-corrected chi connectivity index (χ3v) is 2.01. The van der Waals surface area contributed by atoms with E-state index >= 15 is 0 Å². The lowest BCUT2D eigenvalue weighted by molar-refractivity contribution is 0.0951. The SMILES string of the molecule is CC(C)OCC1=CN(C(C)C)N=CC1. The molecule has 1 aliphatic rings. The topological polar surface area (TPSA) is 24.8 Å². The monoisotopic (exact) mass is 196 g/mol. The van der Waals surface area contributed by atoms with E-state index in [1.165, 1.54) is 5.57 Å². The van der Waals surface area contributed by atoms with Crippen LogP contribution in [-0.2, 0) is 4.74 Å². The summed E-state index contributed by atoms with van der Waals surface area (Å²) in [6.07, 6.45) is 5.24. The fourth-order valence-electron chi connectivity index (χ4n) is 1.18.